The summed E-state index contributed by atoms with van der Waals surface area (Å²) >= 11 is 0. The van der Waals surface area contributed by atoms with Gasteiger partial charge in [-0.1, -0.05) is 0 Å². The number of hydrogen-bond donors (Lipinski definition) is 3. The van der Waals surface area contributed by atoms with Crippen LogP contribution in [0.1, 0.15) is 19.0 Å². The van der Waals surface area contributed by atoms with Crippen LogP contribution in [0.15, 0.2) is 6.07 Å². The molecule has 1 heterocycles. The molecule has 0 radical (unpaired) electrons. The van der Waals surface area contributed by atoms with Crippen molar-refractivity contribution in [2.75, 3.05) is 23.7 Å². The quantitative estimate of drug-likeness (QED) is 0.653. The van der Waals surface area contributed by atoms with Gasteiger partial charge >= 0.3 is 0 Å². The molecule has 1 aromatic heterocycles. The smallest absolute Gasteiger partial charge is 0.224 e. The number of nitrogens with one attached hydrogen (secondary N) is 2. The van der Waals surface area contributed by atoms with Gasteiger partial charge < -0.3 is 16.4 Å². The van der Waals surface area contributed by atoms with Crippen LogP contribution in [0, 0.1) is 6.92 Å². The monoisotopic (exact) mass is 223 g/mol. The highest BCUT2D eigenvalue weighted by molar-refractivity contribution is 5.74. The summed E-state index contributed by atoms with van der Waals surface area (Å²) in [6.07, 6.45) is 0.291. The molecule has 6 nitrogen and oxygen atoms in total. The lowest BCUT2D eigenvalue weighted by atomic mass is 10.4. The number of carbonyl (C=O) groups is 1. The summed E-state index contributed by atoms with van der Waals surface area (Å²) in [5, 5.41) is 6.06. The molecule has 0 aromatic carbocycles. The minimum Gasteiger partial charge on any atom is -0.370 e. The van der Waals surface area contributed by atoms with Crippen molar-refractivity contribution in [2.24, 2.45) is 5.73 Å². The fourth-order valence-corrected chi connectivity index (χ4v) is 1.21. The average Bonchev–Trinajstić information content (AvgIpc) is 2.16. The molecule has 16 heavy (non-hydrogen) atoms. The third-order valence-corrected chi connectivity index (χ3v) is 1.87. The van der Waals surface area contributed by atoms with E-state index >= 15 is 0 Å². The van der Waals surface area contributed by atoms with Crippen LogP contribution in [0.4, 0.5) is 11.8 Å². The van der Waals surface area contributed by atoms with Crippen LogP contribution >= 0.6 is 0 Å². The molecule has 1 aromatic rings. The van der Waals surface area contributed by atoms with Crippen LogP contribution in [0.2, 0.25) is 0 Å². The van der Waals surface area contributed by atoms with E-state index in [1.807, 2.05) is 19.9 Å². The van der Waals surface area contributed by atoms with Gasteiger partial charge in [0.1, 0.15) is 5.82 Å². The molecule has 0 aliphatic rings. The number of anilines is 2. The maximum atomic E-state index is 10.6. The largest absolute Gasteiger partial charge is 0.370 e. The molecule has 0 atom stereocenters. The van der Waals surface area contributed by atoms with E-state index in [4.69, 9.17) is 5.73 Å². The second kappa shape index (κ2) is 5.89. The van der Waals surface area contributed by atoms with E-state index < -0.39 is 0 Å². The van der Waals surface area contributed by atoms with E-state index in [1.54, 1.807) is 0 Å². The number of primary amides is 1. The number of nitrogens with two attached hydrogens (primary N) is 1. The summed E-state index contributed by atoms with van der Waals surface area (Å²) in [5.41, 5.74) is 5.91. The Kier molecular flexibility index (Phi) is 4.50. The Balaban J connectivity index is 2.61. The molecular weight excluding hydrogens is 206 g/mol. The van der Waals surface area contributed by atoms with Gasteiger partial charge in [-0.15, -0.1) is 0 Å². The summed E-state index contributed by atoms with van der Waals surface area (Å²) in [7, 11) is 0. The van der Waals surface area contributed by atoms with Crippen molar-refractivity contribution in [1.82, 2.24) is 9.97 Å². The first kappa shape index (κ1) is 12.2. The Labute approximate surface area is 94.7 Å². The SMILES string of the molecule is CCNc1nc(C)cc(NCCC(N)=O)n1. The van der Waals surface area contributed by atoms with Crippen LogP contribution < -0.4 is 16.4 Å². The third kappa shape index (κ3) is 4.12. The van der Waals surface area contributed by atoms with Gasteiger partial charge in [-0.05, 0) is 13.8 Å². The molecule has 88 valence electrons. The minimum absolute atomic E-state index is 0.291. The highest BCUT2D eigenvalue weighted by Crippen LogP contribution is 2.09. The molecule has 0 aliphatic heterocycles. The normalized spacial score (nSPS) is 9.88. The summed E-state index contributed by atoms with van der Waals surface area (Å²) in [5.74, 6) is 0.957. The van der Waals surface area contributed by atoms with Crippen molar-refractivity contribution < 1.29 is 4.79 Å². The number of hydrogen-bond acceptors (Lipinski definition) is 5. The Morgan fingerprint density at radius 1 is 1.44 bits per heavy atom. The number of nitrogens with zero attached hydrogens (tertiary/aromatic N) is 2. The molecule has 1 amide bonds. The van der Waals surface area contributed by atoms with Crippen molar-refractivity contribution in [2.45, 2.75) is 20.3 Å². The van der Waals surface area contributed by atoms with Gasteiger partial charge in [0.2, 0.25) is 11.9 Å². The van der Waals surface area contributed by atoms with Gasteiger partial charge in [0, 0.05) is 31.3 Å². The lowest BCUT2D eigenvalue weighted by Crippen LogP contribution is -2.16. The number of rotatable bonds is 6. The Morgan fingerprint density at radius 3 is 2.81 bits per heavy atom. The Bertz CT molecular complexity index is 366. The molecule has 6 heteroatoms. The van der Waals surface area contributed by atoms with Crippen LogP contribution in [0.3, 0.4) is 0 Å². The molecule has 1 rings (SSSR count). The van der Waals surface area contributed by atoms with Gasteiger partial charge in [0.05, 0.1) is 0 Å². The summed E-state index contributed by atoms with van der Waals surface area (Å²) in [4.78, 5) is 19.0. The highest BCUT2D eigenvalue weighted by atomic mass is 16.1. The van der Waals surface area contributed by atoms with E-state index in [0.29, 0.717) is 24.7 Å². The van der Waals surface area contributed by atoms with Crippen molar-refractivity contribution in [1.29, 1.82) is 0 Å². The molecule has 0 saturated carbocycles. The van der Waals surface area contributed by atoms with Gasteiger partial charge in [0.15, 0.2) is 0 Å². The van der Waals surface area contributed by atoms with E-state index in [0.717, 1.165) is 12.2 Å². The second-order valence-electron chi connectivity index (χ2n) is 3.39. The first-order chi connectivity index (χ1) is 7.61. The average molecular weight is 223 g/mol. The zero-order valence-corrected chi connectivity index (χ0v) is 9.58. The number of amides is 1. The topological polar surface area (TPSA) is 92.9 Å². The Morgan fingerprint density at radius 2 is 2.19 bits per heavy atom. The van der Waals surface area contributed by atoms with Gasteiger partial charge in [-0.25, -0.2) is 4.98 Å². The van der Waals surface area contributed by atoms with E-state index in [-0.39, 0.29) is 5.91 Å². The summed E-state index contributed by atoms with van der Waals surface area (Å²) < 4.78 is 0. The van der Waals surface area contributed by atoms with Crippen LogP contribution in [-0.4, -0.2) is 29.0 Å². The molecule has 0 aliphatic carbocycles. The van der Waals surface area contributed by atoms with Crippen molar-refractivity contribution >= 4 is 17.7 Å². The Hall–Kier alpha value is -1.85. The highest BCUT2D eigenvalue weighted by Gasteiger charge is 2.01. The van der Waals surface area contributed by atoms with Gasteiger partial charge in [0.25, 0.3) is 0 Å². The zero-order chi connectivity index (χ0) is 12.0. The predicted octanol–water partition coefficient (Wildman–Crippen LogP) is 0.504. The fourth-order valence-electron chi connectivity index (χ4n) is 1.21. The first-order valence-corrected chi connectivity index (χ1v) is 5.23. The maximum Gasteiger partial charge on any atom is 0.224 e. The van der Waals surface area contributed by atoms with E-state index in [2.05, 4.69) is 20.6 Å². The predicted molar refractivity (Wildman–Crippen MR) is 63.2 cm³/mol. The zero-order valence-electron chi connectivity index (χ0n) is 9.58. The molecule has 0 unspecified atom stereocenters. The van der Waals surface area contributed by atoms with Gasteiger partial charge in [-0.3, -0.25) is 4.79 Å². The van der Waals surface area contributed by atoms with Gasteiger partial charge in [-0.2, -0.15) is 4.98 Å². The fraction of sp³-hybridized carbons (Fsp3) is 0.500. The molecule has 0 bridgehead atoms. The number of aryl methyl sites for hydroxylation is 1. The summed E-state index contributed by atoms with van der Waals surface area (Å²) in [6.45, 7) is 5.12. The molecule has 0 saturated heterocycles. The minimum atomic E-state index is -0.329. The van der Waals surface area contributed by atoms with Crippen LogP contribution in [0.5, 0.6) is 0 Å². The van der Waals surface area contributed by atoms with Crippen molar-refractivity contribution in [3.8, 4) is 0 Å². The van der Waals surface area contributed by atoms with Crippen molar-refractivity contribution in [3.63, 3.8) is 0 Å². The maximum absolute atomic E-state index is 10.6. The van der Waals surface area contributed by atoms with Crippen molar-refractivity contribution in [3.05, 3.63) is 11.8 Å². The molecule has 0 fully saturated rings. The second-order valence-corrected chi connectivity index (χ2v) is 3.39. The number of carbonyl (C=O) groups excluding carboxylic acids is 1. The summed E-state index contributed by atoms with van der Waals surface area (Å²) in [6, 6.07) is 1.82. The van der Waals surface area contributed by atoms with E-state index in [9.17, 15) is 4.79 Å². The lowest BCUT2D eigenvalue weighted by molar-refractivity contribution is -0.117. The molecule has 4 N–H and O–H groups in total. The molecular formula is C10H17N5O. The third-order valence-electron chi connectivity index (χ3n) is 1.87. The number of aromatic nitrogens is 2. The lowest BCUT2D eigenvalue weighted by Gasteiger charge is -2.08. The van der Waals surface area contributed by atoms with E-state index in [1.165, 1.54) is 0 Å². The standard InChI is InChI=1S/C10H17N5O/c1-3-12-10-14-7(2)6-9(15-10)13-5-4-8(11)16/h6H,3-5H2,1-2H3,(H2,11,16)(H2,12,13,14,15). The van der Waals surface area contributed by atoms with Crippen LogP contribution in [0.25, 0.3) is 0 Å². The molecule has 0 spiro atoms. The van der Waals surface area contributed by atoms with Crippen LogP contribution in [-0.2, 0) is 4.79 Å². The first-order valence-electron chi connectivity index (χ1n) is 5.23.